The Kier molecular flexibility index (Phi) is 5.11. The summed E-state index contributed by atoms with van der Waals surface area (Å²) in [7, 11) is 0. The molecule has 1 aromatic rings. The van der Waals surface area contributed by atoms with Gasteiger partial charge in [0, 0.05) is 13.4 Å². The van der Waals surface area contributed by atoms with Crippen molar-refractivity contribution < 1.29 is 9.94 Å². The zero-order valence-electron chi connectivity index (χ0n) is 9.83. The second-order valence-corrected chi connectivity index (χ2v) is 6.91. The van der Waals surface area contributed by atoms with Crippen LogP contribution in [0.25, 0.3) is 0 Å². The molecule has 0 saturated carbocycles. The van der Waals surface area contributed by atoms with Gasteiger partial charge in [-0.25, -0.2) is 5.06 Å². The summed E-state index contributed by atoms with van der Waals surface area (Å²) in [5.74, 6) is 0. The lowest BCUT2D eigenvalue weighted by molar-refractivity contribution is 0.150. The largest absolute Gasteiger partial charge is 0.368 e. The van der Waals surface area contributed by atoms with Crippen LogP contribution in [-0.4, -0.2) is 18.8 Å². The van der Waals surface area contributed by atoms with Crippen LogP contribution in [-0.2, 0) is 9.94 Å². The average molecular weight is 443 g/mol. The van der Waals surface area contributed by atoms with E-state index < -0.39 is 0 Å². The van der Waals surface area contributed by atoms with Crippen LogP contribution in [0.2, 0.25) is 0 Å². The molecule has 1 heterocycles. The molecule has 99 valence electrons. The molecule has 0 amide bonds. The molecular formula is C12H13Br3NO2. The molecule has 0 N–H and O–H groups in total. The maximum absolute atomic E-state index is 12.2. The SMILES string of the molecule is CCC[C@@H]1O[C@H]1CN([O])c1c(Br)cc(Br)cc1Br. The normalized spacial score (nSPS) is 22.1. The van der Waals surface area contributed by atoms with Crippen molar-refractivity contribution in [2.45, 2.75) is 32.0 Å². The summed E-state index contributed by atoms with van der Waals surface area (Å²) in [6.07, 6.45) is 2.46. The van der Waals surface area contributed by atoms with Gasteiger partial charge in [0.1, 0.15) is 6.10 Å². The van der Waals surface area contributed by atoms with Gasteiger partial charge in [0.25, 0.3) is 0 Å². The molecule has 0 aliphatic carbocycles. The third-order valence-corrected chi connectivity index (χ3v) is 4.50. The topological polar surface area (TPSA) is 35.7 Å². The molecule has 1 aromatic carbocycles. The van der Waals surface area contributed by atoms with Crippen LogP contribution in [0.15, 0.2) is 25.6 Å². The number of epoxide rings is 1. The fraction of sp³-hybridized carbons (Fsp3) is 0.500. The van der Waals surface area contributed by atoms with Gasteiger partial charge < -0.3 is 4.74 Å². The van der Waals surface area contributed by atoms with Gasteiger partial charge in [0.15, 0.2) is 0 Å². The first-order valence-corrected chi connectivity index (χ1v) is 8.15. The number of benzene rings is 1. The van der Waals surface area contributed by atoms with Gasteiger partial charge in [-0.05, 0) is 50.4 Å². The Morgan fingerprint density at radius 2 is 1.83 bits per heavy atom. The molecule has 1 aliphatic heterocycles. The fourth-order valence-electron chi connectivity index (χ4n) is 1.91. The van der Waals surface area contributed by atoms with Crippen molar-refractivity contribution in [3.63, 3.8) is 0 Å². The lowest BCUT2D eigenvalue weighted by Gasteiger charge is -2.16. The Morgan fingerprint density at radius 1 is 1.22 bits per heavy atom. The minimum atomic E-state index is 0.0740. The summed E-state index contributed by atoms with van der Waals surface area (Å²) in [5, 5.41) is 13.1. The maximum Gasteiger partial charge on any atom is 0.104 e. The number of hydrogen-bond donors (Lipinski definition) is 0. The zero-order chi connectivity index (χ0) is 13.3. The molecule has 0 bridgehead atoms. The highest BCUT2D eigenvalue weighted by atomic mass is 79.9. The maximum atomic E-state index is 12.2. The second-order valence-electron chi connectivity index (χ2n) is 4.28. The molecule has 1 aliphatic rings. The van der Waals surface area contributed by atoms with Crippen molar-refractivity contribution in [1.82, 2.24) is 0 Å². The highest BCUT2D eigenvalue weighted by molar-refractivity contribution is 9.11. The summed E-state index contributed by atoms with van der Waals surface area (Å²) in [5.41, 5.74) is 0.615. The molecule has 6 heteroatoms. The molecule has 3 nitrogen and oxygen atoms in total. The Labute approximate surface area is 132 Å². The average Bonchev–Trinajstić information content (AvgIpc) is 2.94. The minimum absolute atomic E-state index is 0.0740. The van der Waals surface area contributed by atoms with Gasteiger partial charge in [-0.2, -0.15) is 0 Å². The Morgan fingerprint density at radius 3 is 2.39 bits per heavy atom. The van der Waals surface area contributed by atoms with E-state index in [1.165, 1.54) is 0 Å². The first kappa shape index (κ1) is 14.8. The standard InChI is InChI=1S/C12H13Br3NO2/c1-2-3-10-11(18-10)6-16(17)12-8(14)4-7(13)5-9(12)15/h4-5,10-11H,2-3,6H2,1H3/t10-,11-/m0/s1. The van der Waals surface area contributed by atoms with Crippen LogP contribution in [0.4, 0.5) is 5.69 Å². The van der Waals surface area contributed by atoms with Gasteiger partial charge in [-0.1, -0.05) is 34.5 Å². The summed E-state index contributed by atoms with van der Waals surface area (Å²) >= 11 is 10.2. The third-order valence-electron chi connectivity index (χ3n) is 2.84. The van der Waals surface area contributed by atoms with Crippen molar-refractivity contribution in [3.8, 4) is 0 Å². The van der Waals surface area contributed by atoms with Gasteiger partial charge in [0.05, 0.1) is 18.3 Å². The van der Waals surface area contributed by atoms with Gasteiger partial charge in [0.2, 0.25) is 0 Å². The van der Waals surface area contributed by atoms with E-state index in [-0.39, 0.29) is 12.2 Å². The van der Waals surface area contributed by atoms with Crippen molar-refractivity contribution >= 4 is 53.5 Å². The molecule has 1 fully saturated rings. The lowest BCUT2D eigenvalue weighted by atomic mass is 10.2. The quantitative estimate of drug-likeness (QED) is 0.489. The summed E-state index contributed by atoms with van der Waals surface area (Å²) in [4.78, 5) is 0. The molecule has 1 saturated heterocycles. The van der Waals surface area contributed by atoms with E-state index in [1.54, 1.807) is 0 Å². The predicted molar refractivity (Wildman–Crippen MR) is 81.1 cm³/mol. The monoisotopic (exact) mass is 440 g/mol. The van der Waals surface area contributed by atoms with Gasteiger partial charge in [-0.15, -0.1) is 0 Å². The number of anilines is 1. The van der Waals surface area contributed by atoms with Crippen molar-refractivity contribution in [2.24, 2.45) is 0 Å². The van der Waals surface area contributed by atoms with E-state index in [9.17, 15) is 5.21 Å². The summed E-state index contributed by atoms with van der Waals surface area (Å²) in [6.45, 7) is 2.50. The number of nitrogens with zero attached hydrogens (tertiary/aromatic N) is 1. The van der Waals surface area contributed by atoms with Crippen LogP contribution < -0.4 is 5.06 Å². The van der Waals surface area contributed by atoms with Crippen LogP contribution in [0.3, 0.4) is 0 Å². The number of halogens is 3. The minimum Gasteiger partial charge on any atom is -0.368 e. The van der Waals surface area contributed by atoms with Gasteiger partial charge in [-0.3, -0.25) is 0 Å². The Hall–Kier alpha value is 0.380. The molecule has 0 unspecified atom stereocenters. The van der Waals surface area contributed by atoms with Crippen molar-refractivity contribution in [2.75, 3.05) is 11.6 Å². The smallest absolute Gasteiger partial charge is 0.104 e. The molecular weight excluding hydrogens is 430 g/mol. The first-order valence-electron chi connectivity index (χ1n) is 5.77. The molecule has 18 heavy (non-hydrogen) atoms. The molecule has 2 rings (SSSR count). The summed E-state index contributed by atoms with van der Waals surface area (Å²) < 4.78 is 7.93. The Bertz CT molecular complexity index is 418. The number of hydroxylamine groups is 1. The van der Waals surface area contributed by atoms with Crippen LogP contribution in [0, 0.1) is 0 Å². The van der Waals surface area contributed by atoms with E-state index >= 15 is 0 Å². The van der Waals surface area contributed by atoms with E-state index in [1.807, 2.05) is 12.1 Å². The highest BCUT2D eigenvalue weighted by Crippen LogP contribution is 2.38. The number of rotatable bonds is 5. The molecule has 1 radical (unpaired) electrons. The van der Waals surface area contributed by atoms with Crippen LogP contribution >= 0.6 is 47.8 Å². The van der Waals surface area contributed by atoms with E-state index in [2.05, 4.69) is 54.7 Å². The third kappa shape index (κ3) is 3.48. The van der Waals surface area contributed by atoms with Crippen LogP contribution in [0.5, 0.6) is 0 Å². The second kappa shape index (κ2) is 6.22. The van der Waals surface area contributed by atoms with Crippen LogP contribution in [0.1, 0.15) is 19.8 Å². The molecule has 0 aromatic heterocycles. The van der Waals surface area contributed by atoms with E-state index in [4.69, 9.17) is 4.74 Å². The van der Waals surface area contributed by atoms with Crippen molar-refractivity contribution in [3.05, 3.63) is 25.6 Å². The van der Waals surface area contributed by atoms with Crippen molar-refractivity contribution in [1.29, 1.82) is 0 Å². The van der Waals surface area contributed by atoms with E-state index in [0.29, 0.717) is 12.2 Å². The fourth-order valence-corrected chi connectivity index (χ4v) is 4.56. The number of hydrogen-bond acceptors (Lipinski definition) is 2. The molecule has 0 spiro atoms. The Balaban J connectivity index is 2.03. The number of ether oxygens (including phenoxy) is 1. The van der Waals surface area contributed by atoms with Gasteiger partial charge >= 0.3 is 0 Å². The van der Waals surface area contributed by atoms with E-state index in [0.717, 1.165) is 31.3 Å². The lowest BCUT2D eigenvalue weighted by Crippen LogP contribution is -2.23. The summed E-state index contributed by atoms with van der Waals surface area (Å²) in [6, 6.07) is 3.73. The molecule has 2 atom stereocenters. The predicted octanol–water partition coefficient (Wildman–Crippen LogP) is 4.69. The highest BCUT2D eigenvalue weighted by Gasteiger charge is 2.39. The zero-order valence-corrected chi connectivity index (χ0v) is 14.6. The first-order chi connectivity index (χ1) is 8.52.